The number of nitriles is 1. The highest BCUT2D eigenvalue weighted by Gasteiger charge is 2.59. The molecule has 1 aromatic heterocycles. The molecule has 232 valence electrons. The first kappa shape index (κ1) is 28.8. The molecule has 0 aliphatic heterocycles. The van der Waals surface area contributed by atoms with Crippen LogP contribution in [0, 0.1) is 35.0 Å². The summed E-state index contributed by atoms with van der Waals surface area (Å²) in [5.74, 6) is 5.59. The molecule has 6 aromatic rings. The van der Waals surface area contributed by atoms with Gasteiger partial charge < -0.3 is 0 Å². The Morgan fingerprint density at radius 1 is 0.521 bits per heavy atom. The van der Waals surface area contributed by atoms with E-state index in [0.29, 0.717) is 17.5 Å². The minimum absolute atomic E-state index is 0.111. The molecule has 3 aliphatic rings. The van der Waals surface area contributed by atoms with Crippen LogP contribution >= 0.6 is 0 Å². The maximum Gasteiger partial charge on any atom is 0.164 e. The van der Waals surface area contributed by atoms with Gasteiger partial charge in [0.2, 0.25) is 0 Å². The second-order valence-electron chi connectivity index (χ2n) is 14.4. The zero-order chi connectivity index (χ0) is 32.2. The molecule has 3 saturated carbocycles. The van der Waals surface area contributed by atoms with Crippen LogP contribution in [-0.4, -0.2) is 15.0 Å². The van der Waals surface area contributed by atoms with Crippen molar-refractivity contribution in [3.05, 3.63) is 139 Å². The third-order valence-corrected chi connectivity index (χ3v) is 11.4. The molecule has 0 spiro atoms. The van der Waals surface area contributed by atoms with E-state index in [1.165, 1.54) is 36.8 Å². The summed E-state index contributed by atoms with van der Waals surface area (Å²) in [5.41, 5.74) is 9.40. The van der Waals surface area contributed by atoms with Gasteiger partial charge in [0.15, 0.2) is 17.5 Å². The van der Waals surface area contributed by atoms with E-state index in [-0.39, 0.29) is 5.41 Å². The molecule has 0 N–H and O–H groups in total. The summed E-state index contributed by atoms with van der Waals surface area (Å²) in [6.07, 6.45) is 5.28. The van der Waals surface area contributed by atoms with E-state index in [1.807, 2.05) is 42.5 Å². The molecule has 3 fully saturated rings. The molecular formula is C44H36N4. The number of benzene rings is 5. The van der Waals surface area contributed by atoms with E-state index >= 15 is 0 Å². The normalized spacial score (nSPS) is 23.7. The number of rotatable bonds is 6. The van der Waals surface area contributed by atoms with Crippen molar-refractivity contribution in [3.8, 4) is 62.5 Å². The van der Waals surface area contributed by atoms with Gasteiger partial charge in [0, 0.05) is 16.7 Å². The van der Waals surface area contributed by atoms with E-state index in [1.54, 1.807) is 0 Å². The van der Waals surface area contributed by atoms with Crippen molar-refractivity contribution in [1.82, 2.24) is 15.0 Å². The predicted octanol–water partition coefficient (Wildman–Crippen LogP) is 10.4. The Morgan fingerprint density at radius 2 is 1.04 bits per heavy atom. The van der Waals surface area contributed by atoms with E-state index in [4.69, 9.17) is 15.0 Å². The first-order valence-electron chi connectivity index (χ1n) is 17.2. The van der Waals surface area contributed by atoms with E-state index < -0.39 is 0 Å². The number of aromatic nitrogens is 3. The van der Waals surface area contributed by atoms with E-state index in [2.05, 4.69) is 97.9 Å². The van der Waals surface area contributed by atoms with E-state index in [0.717, 1.165) is 62.6 Å². The molecule has 9 rings (SSSR count). The standard InChI is InChI=1S/C44H36N4/c1-44(25-37-22-36-23-38(26-44)40(36)37)39-20-28(27-45)19-35(24-39)33-13-8-14-34(21-33)43-47-41(31-11-6-3-7-12-31)46-42(48-43)32-17-15-30(16-18-32)29-9-4-2-5-10-29/h2-21,24,36-38,40H,22-23,25-26H2,1H3/t36-,37+,38-,40?,44?. The summed E-state index contributed by atoms with van der Waals surface area (Å²) in [5, 5.41) is 10.1. The SMILES string of the molecule is CC1(c2cc(C#N)cc(-c3cccc(-c4nc(-c5ccccc5)nc(-c5ccc(-c6ccccc6)cc5)n4)c3)c2)C[C@H]2C[C@H]3C[C@@H](C1)C32. The molecule has 5 atom stereocenters. The van der Waals surface area contributed by atoms with Crippen LogP contribution in [-0.2, 0) is 5.41 Å². The van der Waals surface area contributed by atoms with Gasteiger partial charge in [-0.1, -0.05) is 116 Å². The largest absolute Gasteiger partial charge is 0.208 e. The zero-order valence-electron chi connectivity index (χ0n) is 27.1. The fraction of sp³-hybridized carbons (Fsp3) is 0.227. The van der Waals surface area contributed by atoms with Crippen LogP contribution in [0.3, 0.4) is 0 Å². The highest BCUT2D eigenvalue weighted by molar-refractivity contribution is 5.74. The Kier molecular flexibility index (Phi) is 6.83. The molecule has 4 nitrogen and oxygen atoms in total. The van der Waals surface area contributed by atoms with E-state index in [9.17, 15) is 5.26 Å². The van der Waals surface area contributed by atoms with Gasteiger partial charge in [-0.3, -0.25) is 0 Å². The highest BCUT2D eigenvalue weighted by atomic mass is 15.0. The molecule has 2 unspecified atom stereocenters. The van der Waals surface area contributed by atoms with Crippen LogP contribution < -0.4 is 0 Å². The molecule has 0 bridgehead atoms. The summed E-state index contributed by atoms with van der Waals surface area (Å²) in [6, 6.07) is 46.3. The van der Waals surface area contributed by atoms with Gasteiger partial charge in [0.05, 0.1) is 11.6 Å². The van der Waals surface area contributed by atoms with Crippen molar-refractivity contribution < 1.29 is 0 Å². The van der Waals surface area contributed by atoms with Crippen LogP contribution in [0.5, 0.6) is 0 Å². The van der Waals surface area contributed by atoms with Crippen molar-refractivity contribution in [2.45, 2.75) is 38.0 Å². The second kappa shape index (κ2) is 11.4. The Morgan fingerprint density at radius 3 is 1.67 bits per heavy atom. The fourth-order valence-electron chi connectivity index (χ4n) is 9.02. The first-order chi connectivity index (χ1) is 23.5. The van der Waals surface area contributed by atoms with Gasteiger partial charge in [-0.2, -0.15) is 5.26 Å². The summed E-state index contributed by atoms with van der Waals surface area (Å²) in [7, 11) is 0. The zero-order valence-corrected chi connectivity index (χ0v) is 27.1. The van der Waals surface area contributed by atoms with Crippen molar-refractivity contribution in [3.63, 3.8) is 0 Å². The minimum Gasteiger partial charge on any atom is -0.208 e. The summed E-state index contributed by atoms with van der Waals surface area (Å²) in [4.78, 5) is 15.0. The average molecular weight is 621 g/mol. The van der Waals surface area contributed by atoms with Gasteiger partial charge >= 0.3 is 0 Å². The van der Waals surface area contributed by atoms with Gasteiger partial charge in [-0.25, -0.2) is 15.0 Å². The van der Waals surface area contributed by atoms with Crippen molar-refractivity contribution in [2.24, 2.45) is 23.7 Å². The van der Waals surface area contributed by atoms with Gasteiger partial charge in [0.1, 0.15) is 0 Å². The smallest absolute Gasteiger partial charge is 0.164 e. The molecule has 0 saturated heterocycles. The summed E-state index contributed by atoms with van der Waals surface area (Å²) < 4.78 is 0. The topological polar surface area (TPSA) is 62.5 Å². The Hall–Kier alpha value is -5.40. The van der Waals surface area contributed by atoms with Crippen LogP contribution in [0.15, 0.2) is 127 Å². The molecule has 0 radical (unpaired) electrons. The average Bonchev–Trinajstić information content (AvgIpc) is 3.13. The summed E-state index contributed by atoms with van der Waals surface area (Å²) in [6.45, 7) is 2.44. The lowest BCUT2D eigenvalue weighted by atomic mass is 9.39. The molecule has 3 aliphatic carbocycles. The maximum atomic E-state index is 10.1. The third kappa shape index (κ3) is 5.02. The lowest BCUT2D eigenvalue weighted by Crippen LogP contribution is -2.58. The molecule has 0 amide bonds. The lowest BCUT2D eigenvalue weighted by Gasteiger charge is -2.65. The van der Waals surface area contributed by atoms with Crippen molar-refractivity contribution in [1.29, 1.82) is 5.26 Å². The Balaban J connectivity index is 1.10. The fourth-order valence-corrected chi connectivity index (χ4v) is 9.02. The quantitative estimate of drug-likeness (QED) is 0.186. The maximum absolute atomic E-state index is 10.1. The Labute approximate surface area is 282 Å². The number of hydrogen-bond acceptors (Lipinski definition) is 4. The first-order valence-corrected chi connectivity index (χ1v) is 17.2. The Bertz CT molecular complexity index is 2170. The third-order valence-electron chi connectivity index (χ3n) is 11.4. The molecule has 48 heavy (non-hydrogen) atoms. The van der Waals surface area contributed by atoms with Gasteiger partial charge in [-0.05, 0) is 101 Å². The van der Waals surface area contributed by atoms with Crippen molar-refractivity contribution >= 4 is 0 Å². The molecule has 1 heterocycles. The number of hydrogen-bond donors (Lipinski definition) is 0. The van der Waals surface area contributed by atoms with Crippen LogP contribution in [0.25, 0.3) is 56.4 Å². The molecule has 4 heteroatoms. The van der Waals surface area contributed by atoms with Crippen LogP contribution in [0.1, 0.15) is 43.7 Å². The van der Waals surface area contributed by atoms with Crippen molar-refractivity contribution in [2.75, 3.05) is 0 Å². The number of nitrogens with zero attached hydrogens (tertiary/aromatic N) is 4. The predicted molar refractivity (Wildman–Crippen MR) is 192 cm³/mol. The van der Waals surface area contributed by atoms with Crippen LogP contribution in [0.4, 0.5) is 0 Å². The minimum atomic E-state index is 0.111. The van der Waals surface area contributed by atoms with Gasteiger partial charge in [0.25, 0.3) is 0 Å². The summed E-state index contributed by atoms with van der Waals surface area (Å²) >= 11 is 0. The lowest BCUT2D eigenvalue weighted by molar-refractivity contribution is -0.141. The monoisotopic (exact) mass is 620 g/mol. The highest BCUT2D eigenvalue weighted by Crippen LogP contribution is 2.67. The van der Waals surface area contributed by atoms with Gasteiger partial charge in [-0.15, -0.1) is 0 Å². The molecular weight excluding hydrogens is 585 g/mol. The molecule has 5 aromatic carbocycles. The second-order valence-corrected chi connectivity index (χ2v) is 14.4. The van der Waals surface area contributed by atoms with Crippen LogP contribution in [0.2, 0.25) is 0 Å².